The van der Waals surface area contributed by atoms with E-state index in [-0.39, 0.29) is 11.8 Å². The number of anilines is 1. The van der Waals surface area contributed by atoms with E-state index in [9.17, 15) is 4.79 Å². The number of amides is 1. The van der Waals surface area contributed by atoms with Gasteiger partial charge in [-0.05, 0) is 62.0 Å². The summed E-state index contributed by atoms with van der Waals surface area (Å²) >= 11 is 1.66. The molecule has 0 aliphatic carbocycles. The molecule has 0 atom stereocenters. The fourth-order valence-electron chi connectivity index (χ4n) is 3.36. The lowest BCUT2D eigenvalue weighted by molar-refractivity contribution is -0.121. The summed E-state index contributed by atoms with van der Waals surface area (Å²) in [6.45, 7) is 2.79. The summed E-state index contributed by atoms with van der Waals surface area (Å²) in [5.74, 6) is 1.13. The first kappa shape index (κ1) is 18.8. The molecule has 5 heteroatoms. The van der Waals surface area contributed by atoms with Gasteiger partial charge < -0.3 is 10.1 Å². The molecule has 1 heterocycles. The Bertz CT molecular complexity index is 742. The van der Waals surface area contributed by atoms with Gasteiger partial charge in [0, 0.05) is 17.4 Å². The summed E-state index contributed by atoms with van der Waals surface area (Å²) in [6, 6.07) is 16.2. The fraction of sp³-hybridized carbons (Fsp3) is 0.381. The lowest BCUT2D eigenvalue weighted by Crippen LogP contribution is -2.37. The first-order chi connectivity index (χ1) is 12.7. The highest BCUT2D eigenvalue weighted by molar-refractivity contribution is 7.98. The number of hydrogen-bond acceptors (Lipinski definition) is 4. The number of ether oxygens (including phenoxy) is 1. The SMILES string of the molecule is COc1cccc(CN2CCC(C(=O)Nc3ccccc3SC)CC2)c1. The Morgan fingerprint density at radius 2 is 1.96 bits per heavy atom. The predicted molar refractivity (Wildman–Crippen MR) is 108 cm³/mol. The van der Waals surface area contributed by atoms with Crippen LogP contribution in [0.2, 0.25) is 0 Å². The number of rotatable bonds is 6. The maximum atomic E-state index is 12.6. The number of methoxy groups -OCH3 is 1. The van der Waals surface area contributed by atoms with E-state index in [4.69, 9.17) is 4.74 Å². The van der Waals surface area contributed by atoms with E-state index in [1.807, 2.05) is 42.7 Å². The Hall–Kier alpha value is -1.98. The molecule has 1 N–H and O–H groups in total. The number of benzene rings is 2. The maximum Gasteiger partial charge on any atom is 0.227 e. The number of likely N-dealkylation sites (tertiary alicyclic amines) is 1. The van der Waals surface area contributed by atoms with Crippen LogP contribution in [0.15, 0.2) is 53.4 Å². The molecule has 138 valence electrons. The van der Waals surface area contributed by atoms with Crippen LogP contribution in [0.1, 0.15) is 18.4 Å². The van der Waals surface area contributed by atoms with Crippen LogP contribution in [0, 0.1) is 5.92 Å². The molecular weight excluding hydrogens is 344 g/mol. The van der Waals surface area contributed by atoms with Crippen molar-refractivity contribution >= 4 is 23.4 Å². The molecule has 0 aromatic heterocycles. The number of para-hydroxylation sites is 1. The van der Waals surface area contributed by atoms with E-state index >= 15 is 0 Å². The van der Waals surface area contributed by atoms with Gasteiger partial charge >= 0.3 is 0 Å². The summed E-state index contributed by atoms with van der Waals surface area (Å²) in [5.41, 5.74) is 2.17. The molecule has 2 aromatic rings. The van der Waals surface area contributed by atoms with Gasteiger partial charge in [-0.1, -0.05) is 24.3 Å². The molecule has 0 unspecified atom stereocenters. The molecule has 0 radical (unpaired) electrons. The van der Waals surface area contributed by atoms with Crippen LogP contribution in [0.3, 0.4) is 0 Å². The Labute approximate surface area is 159 Å². The van der Waals surface area contributed by atoms with Crippen LogP contribution in [0.25, 0.3) is 0 Å². The van der Waals surface area contributed by atoms with Gasteiger partial charge in [-0.2, -0.15) is 0 Å². The third-order valence-corrected chi connectivity index (χ3v) is 5.66. The van der Waals surface area contributed by atoms with Gasteiger partial charge in [-0.3, -0.25) is 9.69 Å². The number of thioether (sulfide) groups is 1. The molecule has 0 spiro atoms. The van der Waals surface area contributed by atoms with Crippen LogP contribution in [0.4, 0.5) is 5.69 Å². The van der Waals surface area contributed by atoms with Crippen molar-refractivity contribution < 1.29 is 9.53 Å². The number of nitrogens with one attached hydrogen (secondary N) is 1. The number of carbonyl (C=O) groups excluding carboxylic acids is 1. The first-order valence-electron chi connectivity index (χ1n) is 8.98. The van der Waals surface area contributed by atoms with E-state index in [1.54, 1.807) is 18.9 Å². The summed E-state index contributed by atoms with van der Waals surface area (Å²) in [6.07, 6.45) is 3.83. The van der Waals surface area contributed by atoms with E-state index in [0.29, 0.717) is 0 Å². The summed E-state index contributed by atoms with van der Waals surface area (Å²) in [4.78, 5) is 16.1. The normalized spacial score (nSPS) is 15.6. The Morgan fingerprint density at radius 1 is 1.19 bits per heavy atom. The summed E-state index contributed by atoms with van der Waals surface area (Å²) in [7, 11) is 1.69. The summed E-state index contributed by atoms with van der Waals surface area (Å²) < 4.78 is 5.29. The largest absolute Gasteiger partial charge is 0.497 e. The standard InChI is InChI=1S/C21H26N2O2S/c1-25-18-7-5-6-16(14-18)15-23-12-10-17(11-13-23)21(24)22-19-8-3-4-9-20(19)26-2/h3-9,14,17H,10-13,15H2,1-2H3,(H,22,24). The molecular formula is C21H26N2O2S. The zero-order chi connectivity index (χ0) is 18.4. The Kier molecular flexibility index (Phi) is 6.58. The molecule has 1 amide bonds. The third-order valence-electron chi connectivity index (χ3n) is 4.86. The smallest absolute Gasteiger partial charge is 0.227 e. The highest BCUT2D eigenvalue weighted by Crippen LogP contribution is 2.27. The highest BCUT2D eigenvalue weighted by atomic mass is 32.2. The number of nitrogens with zero attached hydrogens (tertiary/aromatic N) is 1. The van der Waals surface area contributed by atoms with Gasteiger partial charge in [0.25, 0.3) is 0 Å². The molecule has 1 aliphatic rings. The topological polar surface area (TPSA) is 41.6 Å². The van der Waals surface area contributed by atoms with E-state index in [0.717, 1.165) is 48.8 Å². The molecule has 2 aromatic carbocycles. The van der Waals surface area contributed by atoms with Crippen molar-refractivity contribution in [1.29, 1.82) is 0 Å². The van der Waals surface area contributed by atoms with Crippen LogP contribution in [0.5, 0.6) is 5.75 Å². The average Bonchev–Trinajstić information content (AvgIpc) is 2.69. The fourth-order valence-corrected chi connectivity index (χ4v) is 3.92. The minimum absolute atomic E-state index is 0.0893. The van der Waals surface area contributed by atoms with Crippen molar-refractivity contribution in [1.82, 2.24) is 4.90 Å². The minimum Gasteiger partial charge on any atom is -0.497 e. The molecule has 0 bridgehead atoms. The minimum atomic E-state index is 0.0893. The molecule has 1 aliphatic heterocycles. The first-order valence-corrected chi connectivity index (χ1v) is 10.2. The molecule has 1 saturated heterocycles. The number of hydrogen-bond donors (Lipinski definition) is 1. The van der Waals surface area contributed by atoms with Crippen molar-refractivity contribution in [2.24, 2.45) is 5.92 Å². The van der Waals surface area contributed by atoms with Crippen molar-refractivity contribution in [2.75, 3.05) is 31.8 Å². The maximum absolute atomic E-state index is 12.6. The van der Waals surface area contributed by atoms with E-state index < -0.39 is 0 Å². The van der Waals surface area contributed by atoms with Gasteiger partial charge in [0.05, 0.1) is 12.8 Å². The second-order valence-electron chi connectivity index (χ2n) is 6.59. The van der Waals surface area contributed by atoms with Gasteiger partial charge in [0.15, 0.2) is 0 Å². The van der Waals surface area contributed by atoms with Gasteiger partial charge in [-0.15, -0.1) is 11.8 Å². The molecule has 4 nitrogen and oxygen atoms in total. The van der Waals surface area contributed by atoms with Crippen molar-refractivity contribution in [3.05, 3.63) is 54.1 Å². The molecule has 26 heavy (non-hydrogen) atoms. The lowest BCUT2D eigenvalue weighted by atomic mass is 9.95. The van der Waals surface area contributed by atoms with Gasteiger partial charge in [-0.25, -0.2) is 0 Å². The van der Waals surface area contributed by atoms with E-state index in [1.165, 1.54) is 5.56 Å². The molecule has 1 fully saturated rings. The quantitative estimate of drug-likeness (QED) is 0.771. The number of carbonyl (C=O) groups is 1. The predicted octanol–water partition coefficient (Wildman–Crippen LogP) is 4.27. The number of piperidine rings is 1. The zero-order valence-electron chi connectivity index (χ0n) is 15.4. The van der Waals surface area contributed by atoms with Crippen LogP contribution >= 0.6 is 11.8 Å². The highest BCUT2D eigenvalue weighted by Gasteiger charge is 2.25. The third kappa shape index (κ3) is 4.80. The van der Waals surface area contributed by atoms with Crippen molar-refractivity contribution in [3.8, 4) is 5.75 Å². The van der Waals surface area contributed by atoms with Crippen molar-refractivity contribution in [3.63, 3.8) is 0 Å². The zero-order valence-corrected chi connectivity index (χ0v) is 16.2. The van der Waals surface area contributed by atoms with E-state index in [2.05, 4.69) is 22.3 Å². The Morgan fingerprint density at radius 3 is 2.69 bits per heavy atom. The van der Waals surface area contributed by atoms with Crippen LogP contribution in [-0.2, 0) is 11.3 Å². The van der Waals surface area contributed by atoms with Gasteiger partial charge in [0.1, 0.15) is 5.75 Å². The lowest BCUT2D eigenvalue weighted by Gasteiger charge is -2.31. The monoisotopic (exact) mass is 370 g/mol. The molecule has 0 saturated carbocycles. The van der Waals surface area contributed by atoms with Crippen molar-refractivity contribution in [2.45, 2.75) is 24.3 Å². The summed E-state index contributed by atoms with van der Waals surface area (Å²) in [5, 5.41) is 3.12. The second kappa shape index (κ2) is 9.10. The van der Waals surface area contributed by atoms with Gasteiger partial charge in [0.2, 0.25) is 5.91 Å². The van der Waals surface area contributed by atoms with Crippen LogP contribution in [-0.4, -0.2) is 37.3 Å². The average molecular weight is 371 g/mol. The second-order valence-corrected chi connectivity index (χ2v) is 7.44. The molecule has 3 rings (SSSR count). The van der Waals surface area contributed by atoms with Crippen LogP contribution < -0.4 is 10.1 Å². The Balaban J connectivity index is 1.52.